The molecular formula is C49H97NO10. The van der Waals surface area contributed by atoms with E-state index >= 15 is 0 Å². The van der Waals surface area contributed by atoms with Crippen LogP contribution >= 0.6 is 0 Å². The van der Waals surface area contributed by atoms with Crippen LogP contribution in [-0.4, -0.2) is 110 Å². The molecule has 0 aromatic carbocycles. The fraction of sp³-hybridized carbons (Fsp3) is 0.980. The van der Waals surface area contributed by atoms with Crippen LogP contribution < -0.4 is 5.32 Å². The Bertz CT molecular complexity index is 944. The van der Waals surface area contributed by atoms with E-state index in [1.54, 1.807) is 0 Å². The number of carbonyl (C=O) groups is 1. The van der Waals surface area contributed by atoms with Gasteiger partial charge in [0.05, 0.1) is 25.4 Å². The van der Waals surface area contributed by atoms with Crippen LogP contribution in [0.1, 0.15) is 239 Å². The van der Waals surface area contributed by atoms with Gasteiger partial charge in [0.1, 0.15) is 36.6 Å². The molecule has 0 aromatic heterocycles. The van der Waals surface area contributed by atoms with Gasteiger partial charge in [-0.15, -0.1) is 0 Å². The lowest BCUT2D eigenvalue weighted by Crippen LogP contribution is -2.60. The summed E-state index contributed by atoms with van der Waals surface area (Å²) in [5.41, 5.74) is 0. The Morgan fingerprint density at radius 3 is 1.23 bits per heavy atom. The fourth-order valence-electron chi connectivity index (χ4n) is 8.44. The highest BCUT2D eigenvalue weighted by atomic mass is 16.7. The van der Waals surface area contributed by atoms with Crippen LogP contribution in [0, 0.1) is 0 Å². The van der Waals surface area contributed by atoms with Gasteiger partial charge < -0.3 is 50.5 Å². The summed E-state index contributed by atoms with van der Waals surface area (Å²) in [6.07, 6.45) is 30.0. The van der Waals surface area contributed by atoms with Crippen molar-refractivity contribution in [3.05, 3.63) is 0 Å². The zero-order chi connectivity index (χ0) is 44.1. The van der Waals surface area contributed by atoms with Crippen LogP contribution in [0.2, 0.25) is 0 Å². The first-order valence-electron chi connectivity index (χ1n) is 25.4. The Morgan fingerprint density at radius 2 is 0.867 bits per heavy atom. The summed E-state index contributed by atoms with van der Waals surface area (Å²) in [7, 11) is 0. The molecule has 1 heterocycles. The highest BCUT2D eigenvalue weighted by Crippen LogP contribution is 2.23. The second-order valence-corrected chi connectivity index (χ2v) is 18.3. The maximum absolute atomic E-state index is 13.1. The number of hydrogen-bond donors (Lipinski definition) is 8. The summed E-state index contributed by atoms with van der Waals surface area (Å²) in [4.78, 5) is 13.1. The third kappa shape index (κ3) is 28.7. The Hall–Kier alpha value is -0.890. The minimum absolute atomic E-state index is 0.267. The zero-order valence-corrected chi connectivity index (χ0v) is 38.7. The van der Waals surface area contributed by atoms with E-state index in [2.05, 4.69) is 19.2 Å². The molecule has 358 valence electrons. The SMILES string of the molecule is CCCCCCCCCCCCCCCCCCCCCCC(O)C(=O)NC(COC1OC(CO)C(O)C(O)C1O)C(O)C(O)CCCCCCCCCCCCCCC. The largest absolute Gasteiger partial charge is 0.394 e. The molecule has 9 atom stereocenters. The van der Waals surface area contributed by atoms with Gasteiger partial charge >= 0.3 is 0 Å². The number of ether oxygens (including phenoxy) is 2. The van der Waals surface area contributed by atoms with Crippen LogP contribution in [0.3, 0.4) is 0 Å². The number of carbonyl (C=O) groups excluding carboxylic acids is 1. The minimum Gasteiger partial charge on any atom is -0.394 e. The van der Waals surface area contributed by atoms with E-state index in [4.69, 9.17) is 9.47 Å². The maximum Gasteiger partial charge on any atom is 0.249 e. The monoisotopic (exact) mass is 860 g/mol. The Kier molecular flexibility index (Phi) is 37.8. The average molecular weight is 860 g/mol. The van der Waals surface area contributed by atoms with E-state index in [1.165, 1.54) is 161 Å². The van der Waals surface area contributed by atoms with Crippen molar-refractivity contribution < 1.29 is 50.0 Å². The molecular weight excluding hydrogens is 763 g/mol. The zero-order valence-electron chi connectivity index (χ0n) is 38.7. The normalized spacial score (nSPS) is 21.5. The molecule has 1 saturated heterocycles. The van der Waals surface area contributed by atoms with E-state index in [0.717, 1.165) is 38.5 Å². The molecule has 0 aliphatic carbocycles. The van der Waals surface area contributed by atoms with Gasteiger partial charge in [-0.3, -0.25) is 4.79 Å². The summed E-state index contributed by atoms with van der Waals surface area (Å²) in [6, 6.07) is -1.16. The van der Waals surface area contributed by atoms with Crippen LogP contribution in [0.25, 0.3) is 0 Å². The molecule has 1 rings (SSSR count). The molecule has 1 aliphatic rings. The molecule has 11 heteroatoms. The van der Waals surface area contributed by atoms with E-state index < -0.39 is 74.2 Å². The van der Waals surface area contributed by atoms with Gasteiger partial charge in [0.2, 0.25) is 5.91 Å². The summed E-state index contributed by atoms with van der Waals surface area (Å²) in [6.45, 7) is 3.46. The second kappa shape index (κ2) is 39.7. The van der Waals surface area contributed by atoms with E-state index in [0.29, 0.717) is 19.3 Å². The summed E-state index contributed by atoms with van der Waals surface area (Å²) >= 11 is 0. The standard InChI is InChI=1S/C49H97NO10/c1-3-5-7-9-11-13-15-17-18-19-20-21-22-23-25-27-29-31-33-35-37-42(53)48(58)50-40(39-59-49-47(57)46(56)45(55)43(38-51)60-49)44(54)41(52)36-34-32-30-28-26-24-16-14-12-10-8-6-4-2/h40-47,49,51-57H,3-39H2,1-2H3,(H,50,58). The smallest absolute Gasteiger partial charge is 0.249 e. The predicted octanol–water partition coefficient (Wildman–Crippen LogP) is 9.06. The summed E-state index contributed by atoms with van der Waals surface area (Å²) in [5, 5.41) is 75.8. The first kappa shape index (κ1) is 57.1. The Balaban J connectivity index is 2.36. The quantitative estimate of drug-likeness (QED) is 0.0275. The lowest BCUT2D eigenvalue weighted by Gasteiger charge is -2.40. The topological polar surface area (TPSA) is 189 Å². The number of unbranched alkanes of at least 4 members (excludes halogenated alkanes) is 31. The van der Waals surface area contributed by atoms with Crippen LogP contribution in [0.4, 0.5) is 0 Å². The molecule has 0 bridgehead atoms. The lowest BCUT2D eigenvalue weighted by molar-refractivity contribution is -0.303. The van der Waals surface area contributed by atoms with E-state index in [-0.39, 0.29) is 6.42 Å². The third-order valence-corrected chi connectivity index (χ3v) is 12.7. The van der Waals surface area contributed by atoms with Gasteiger partial charge in [-0.1, -0.05) is 226 Å². The summed E-state index contributed by atoms with van der Waals surface area (Å²) in [5.74, 6) is -0.692. The number of amides is 1. The van der Waals surface area contributed by atoms with Crippen LogP contribution in [-0.2, 0) is 14.3 Å². The van der Waals surface area contributed by atoms with Crippen molar-refractivity contribution in [2.45, 2.75) is 294 Å². The molecule has 0 radical (unpaired) electrons. The van der Waals surface area contributed by atoms with Crippen molar-refractivity contribution in [3.63, 3.8) is 0 Å². The van der Waals surface area contributed by atoms with Gasteiger partial charge in [0, 0.05) is 0 Å². The van der Waals surface area contributed by atoms with Gasteiger partial charge in [0.25, 0.3) is 0 Å². The molecule has 11 nitrogen and oxygen atoms in total. The fourth-order valence-corrected chi connectivity index (χ4v) is 8.44. The molecule has 8 N–H and O–H groups in total. The number of aliphatic hydroxyl groups excluding tert-OH is 7. The van der Waals surface area contributed by atoms with Crippen molar-refractivity contribution in [2.75, 3.05) is 13.2 Å². The van der Waals surface area contributed by atoms with Gasteiger partial charge in [-0.05, 0) is 12.8 Å². The molecule has 60 heavy (non-hydrogen) atoms. The first-order chi connectivity index (χ1) is 29.2. The molecule has 1 fully saturated rings. The van der Waals surface area contributed by atoms with Crippen molar-refractivity contribution >= 4 is 5.91 Å². The molecule has 0 spiro atoms. The molecule has 1 aliphatic heterocycles. The lowest BCUT2D eigenvalue weighted by atomic mass is 9.98. The highest BCUT2D eigenvalue weighted by molar-refractivity contribution is 5.80. The van der Waals surface area contributed by atoms with Crippen LogP contribution in [0.15, 0.2) is 0 Å². The van der Waals surface area contributed by atoms with Gasteiger partial charge in [0.15, 0.2) is 6.29 Å². The van der Waals surface area contributed by atoms with Crippen molar-refractivity contribution in [2.24, 2.45) is 0 Å². The predicted molar refractivity (Wildman–Crippen MR) is 243 cm³/mol. The Labute approximate surface area is 367 Å². The van der Waals surface area contributed by atoms with E-state index in [9.17, 15) is 40.5 Å². The van der Waals surface area contributed by atoms with Gasteiger partial charge in [-0.25, -0.2) is 0 Å². The summed E-state index contributed by atoms with van der Waals surface area (Å²) < 4.78 is 11.1. The third-order valence-electron chi connectivity index (χ3n) is 12.7. The number of aliphatic hydroxyl groups is 7. The first-order valence-corrected chi connectivity index (χ1v) is 25.4. The average Bonchev–Trinajstić information content (AvgIpc) is 3.25. The van der Waals surface area contributed by atoms with E-state index in [1.807, 2.05) is 0 Å². The maximum atomic E-state index is 13.1. The van der Waals surface area contributed by atoms with Crippen molar-refractivity contribution in [3.8, 4) is 0 Å². The number of hydrogen-bond acceptors (Lipinski definition) is 10. The molecule has 9 unspecified atom stereocenters. The highest BCUT2D eigenvalue weighted by Gasteiger charge is 2.44. The number of nitrogens with one attached hydrogen (secondary N) is 1. The van der Waals surface area contributed by atoms with Crippen molar-refractivity contribution in [1.29, 1.82) is 0 Å². The molecule has 0 saturated carbocycles. The molecule has 0 aromatic rings. The molecule has 1 amide bonds. The second-order valence-electron chi connectivity index (χ2n) is 18.3. The van der Waals surface area contributed by atoms with Crippen LogP contribution in [0.5, 0.6) is 0 Å². The number of rotatable bonds is 43. The van der Waals surface area contributed by atoms with Gasteiger partial charge in [-0.2, -0.15) is 0 Å². The minimum atomic E-state index is -1.66. The Morgan fingerprint density at radius 1 is 0.517 bits per heavy atom. The van der Waals surface area contributed by atoms with Crippen molar-refractivity contribution in [1.82, 2.24) is 5.32 Å².